The minimum Gasteiger partial charge on any atom is -0.452 e. The third-order valence-electron chi connectivity index (χ3n) is 5.89. The maximum Gasteiger partial charge on any atom is 0.338 e. The average Bonchev–Trinajstić information content (AvgIpc) is 3.50. The number of hydrogen-bond acceptors (Lipinski definition) is 9. The number of anilines is 3. The molecule has 0 spiro atoms. The highest BCUT2D eigenvalue weighted by molar-refractivity contribution is 8.00. The first kappa shape index (κ1) is 28.6. The fraction of sp³-hybridized carbons (Fsp3) is 0.107. The van der Waals surface area contributed by atoms with Crippen LogP contribution in [0.5, 0.6) is 0 Å². The van der Waals surface area contributed by atoms with E-state index in [2.05, 4.69) is 10.3 Å². The number of thiazole rings is 1. The number of halogens is 2. The van der Waals surface area contributed by atoms with Crippen LogP contribution in [-0.2, 0) is 19.1 Å². The van der Waals surface area contributed by atoms with Gasteiger partial charge < -0.3 is 10.5 Å². The van der Waals surface area contributed by atoms with Crippen molar-refractivity contribution in [2.45, 2.75) is 16.6 Å². The van der Waals surface area contributed by atoms with Crippen molar-refractivity contribution in [1.29, 1.82) is 0 Å². The molecule has 3 amide bonds. The lowest BCUT2D eigenvalue weighted by atomic mass is 10.2. The predicted octanol–water partition coefficient (Wildman–Crippen LogP) is 5.92. The average molecular weight is 628 g/mol. The van der Waals surface area contributed by atoms with Crippen LogP contribution in [0.1, 0.15) is 16.8 Å². The molecule has 0 bridgehead atoms. The van der Waals surface area contributed by atoms with Crippen molar-refractivity contribution in [3.05, 3.63) is 87.7 Å². The van der Waals surface area contributed by atoms with E-state index in [1.54, 1.807) is 41.8 Å². The van der Waals surface area contributed by atoms with E-state index in [1.165, 1.54) is 47.4 Å². The summed E-state index contributed by atoms with van der Waals surface area (Å²) in [5.74, 6) is -2.01. The van der Waals surface area contributed by atoms with Crippen molar-refractivity contribution in [2.24, 2.45) is 0 Å². The number of nitrogens with two attached hydrogens (primary N) is 1. The summed E-state index contributed by atoms with van der Waals surface area (Å²) in [6.45, 7) is -0.538. The number of nitrogen functional groups attached to an aromatic ring is 1. The fourth-order valence-corrected chi connectivity index (χ4v) is 6.34. The zero-order chi connectivity index (χ0) is 29.1. The lowest BCUT2D eigenvalue weighted by Crippen LogP contribution is -2.31. The molecule has 1 aliphatic rings. The van der Waals surface area contributed by atoms with Gasteiger partial charge in [0.25, 0.3) is 5.91 Å². The van der Waals surface area contributed by atoms with Gasteiger partial charge in [-0.25, -0.2) is 14.7 Å². The SMILES string of the molecule is Nc1cccc(SC2CC(=O)N(c3ccc(C(=O)OCC(=O)Nc4nc(-c5ccc(Cl)cc5Cl)cs4)cc3)C2=O)c1. The molecule has 5 rings (SSSR count). The quantitative estimate of drug-likeness (QED) is 0.140. The van der Waals surface area contributed by atoms with E-state index in [0.29, 0.717) is 37.8 Å². The van der Waals surface area contributed by atoms with Crippen molar-refractivity contribution in [3.8, 4) is 11.3 Å². The molecule has 208 valence electrons. The van der Waals surface area contributed by atoms with Gasteiger partial charge in [-0.2, -0.15) is 0 Å². The number of ether oxygens (including phenoxy) is 1. The molecule has 9 nitrogen and oxygen atoms in total. The Labute approximate surface area is 252 Å². The van der Waals surface area contributed by atoms with Gasteiger partial charge in [0.15, 0.2) is 11.7 Å². The van der Waals surface area contributed by atoms with Crippen LogP contribution in [0.15, 0.2) is 77.0 Å². The van der Waals surface area contributed by atoms with Crippen LogP contribution >= 0.6 is 46.3 Å². The Hall–Kier alpha value is -3.90. The lowest BCUT2D eigenvalue weighted by molar-refractivity contribution is -0.121. The highest BCUT2D eigenvalue weighted by Gasteiger charge is 2.40. The highest BCUT2D eigenvalue weighted by atomic mass is 35.5. The van der Waals surface area contributed by atoms with Gasteiger partial charge in [-0.1, -0.05) is 29.3 Å². The summed E-state index contributed by atoms with van der Waals surface area (Å²) < 4.78 is 5.12. The van der Waals surface area contributed by atoms with Gasteiger partial charge >= 0.3 is 5.97 Å². The number of carbonyl (C=O) groups is 4. The number of amides is 3. The summed E-state index contributed by atoms with van der Waals surface area (Å²) in [6, 6.07) is 17.9. The van der Waals surface area contributed by atoms with E-state index < -0.39 is 23.7 Å². The van der Waals surface area contributed by atoms with Crippen LogP contribution in [0.25, 0.3) is 11.3 Å². The minimum atomic E-state index is -0.742. The van der Waals surface area contributed by atoms with Crippen LogP contribution < -0.4 is 16.0 Å². The number of esters is 1. The van der Waals surface area contributed by atoms with Gasteiger partial charge in [0.05, 0.1) is 27.2 Å². The Balaban J connectivity index is 1.15. The molecule has 0 saturated carbocycles. The maximum atomic E-state index is 13.0. The van der Waals surface area contributed by atoms with Crippen LogP contribution in [0.3, 0.4) is 0 Å². The van der Waals surface area contributed by atoms with E-state index >= 15 is 0 Å². The lowest BCUT2D eigenvalue weighted by Gasteiger charge is -2.15. The minimum absolute atomic E-state index is 0.0462. The molecule has 3 aromatic carbocycles. The molecule has 4 aromatic rings. The molecule has 3 N–H and O–H groups in total. The molecule has 1 fully saturated rings. The number of aromatic nitrogens is 1. The zero-order valence-corrected chi connectivity index (χ0v) is 24.2. The number of imide groups is 1. The Morgan fingerprint density at radius 2 is 1.88 bits per heavy atom. The first-order valence-corrected chi connectivity index (χ1v) is 14.6. The summed E-state index contributed by atoms with van der Waals surface area (Å²) in [5.41, 5.74) is 8.10. The van der Waals surface area contributed by atoms with Gasteiger partial charge in [-0.15, -0.1) is 23.1 Å². The smallest absolute Gasteiger partial charge is 0.338 e. The number of rotatable bonds is 8. The highest BCUT2D eigenvalue weighted by Crippen LogP contribution is 2.35. The Kier molecular flexibility index (Phi) is 8.60. The Bertz CT molecular complexity index is 1660. The maximum absolute atomic E-state index is 13.0. The molecule has 13 heteroatoms. The van der Waals surface area contributed by atoms with Gasteiger partial charge in [0, 0.05) is 33.0 Å². The van der Waals surface area contributed by atoms with Gasteiger partial charge in [0.1, 0.15) is 0 Å². The first-order chi connectivity index (χ1) is 19.7. The van der Waals surface area contributed by atoms with Crippen LogP contribution in [-0.4, -0.2) is 40.5 Å². The van der Waals surface area contributed by atoms with Crippen molar-refractivity contribution in [2.75, 3.05) is 22.6 Å². The molecule has 1 aromatic heterocycles. The third kappa shape index (κ3) is 6.71. The molecule has 1 unspecified atom stereocenters. The van der Waals surface area contributed by atoms with Crippen molar-refractivity contribution in [3.63, 3.8) is 0 Å². The zero-order valence-electron chi connectivity index (χ0n) is 21.0. The second kappa shape index (κ2) is 12.3. The van der Waals surface area contributed by atoms with Crippen molar-refractivity contribution < 1.29 is 23.9 Å². The second-order valence-electron chi connectivity index (χ2n) is 8.78. The molecular formula is C28H20Cl2N4O5S2. The summed E-state index contributed by atoms with van der Waals surface area (Å²) in [6.07, 6.45) is 0.0462. The van der Waals surface area contributed by atoms with Crippen LogP contribution in [0, 0.1) is 0 Å². The summed E-state index contributed by atoms with van der Waals surface area (Å²) in [7, 11) is 0. The number of thioether (sulfide) groups is 1. The van der Waals surface area contributed by atoms with Gasteiger partial charge in [-0.05, 0) is 60.7 Å². The van der Waals surface area contributed by atoms with Crippen LogP contribution in [0.4, 0.5) is 16.5 Å². The van der Waals surface area contributed by atoms with Crippen molar-refractivity contribution in [1.82, 2.24) is 4.98 Å². The third-order valence-corrected chi connectivity index (χ3v) is 8.38. The van der Waals surface area contributed by atoms with E-state index in [0.717, 1.165) is 9.80 Å². The number of nitrogens with one attached hydrogen (secondary N) is 1. The molecule has 1 aliphatic heterocycles. The molecular weight excluding hydrogens is 607 g/mol. The molecule has 41 heavy (non-hydrogen) atoms. The van der Waals surface area contributed by atoms with E-state index in [1.807, 2.05) is 6.07 Å². The number of carbonyl (C=O) groups excluding carboxylic acids is 4. The number of nitrogens with zero attached hydrogens (tertiary/aromatic N) is 2. The number of hydrogen-bond donors (Lipinski definition) is 2. The Morgan fingerprint density at radius 1 is 1.10 bits per heavy atom. The second-order valence-corrected chi connectivity index (χ2v) is 11.8. The summed E-state index contributed by atoms with van der Waals surface area (Å²) in [4.78, 5) is 56.7. The summed E-state index contributed by atoms with van der Waals surface area (Å²) >= 11 is 14.6. The molecule has 0 aliphatic carbocycles. The predicted molar refractivity (Wildman–Crippen MR) is 161 cm³/mol. The normalized spacial score (nSPS) is 14.8. The molecule has 0 radical (unpaired) electrons. The van der Waals surface area contributed by atoms with E-state index in [9.17, 15) is 19.2 Å². The largest absolute Gasteiger partial charge is 0.452 e. The first-order valence-electron chi connectivity index (χ1n) is 12.0. The monoisotopic (exact) mass is 626 g/mol. The number of benzene rings is 3. The topological polar surface area (TPSA) is 132 Å². The van der Waals surface area contributed by atoms with Gasteiger partial charge in [0.2, 0.25) is 11.8 Å². The van der Waals surface area contributed by atoms with Crippen molar-refractivity contribution >= 4 is 86.5 Å². The fourth-order valence-electron chi connectivity index (χ4n) is 3.99. The van der Waals surface area contributed by atoms with E-state index in [-0.39, 0.29) is 23.8 Å². The molecule has 2 heterocycles. The summed E-state index contributed by atoms with van der Waals surface area (Å²) in [5, 5.41) is 4.96. The molecule has 1 saturated heterocycles. The van der Waals surface area contributed by atoms with Crippen LogP contribution in [0.2, 0.25) is 10.0 Å². The molecule has 1 atom stereocenters. The van der Waals surface area contributed by atoms with Gasteiger partial charge in [-0.3, -0.25) is 19.7 Å². The Morgan fingerprint density at radius 3 is 2.61 bits per heavy atom. The van der Waals surface area contributed by atoms with E-state index in [4.69, 9.17) is 33.7 Å². The standard InChI is InChI=1S/C28H20Cl2N4O5S2/c29-16-6-9-20(21(30)10-16)22-14-40-28(32-22)33-24(35)13-39-27(38)15-4-7-18(8-5-15)34-25(36)12-23(26(34)37)41-19-3-1-2-17(31)11-19/h1-11,14,23H,12-13,31H2,(H,32,33,35).